The van der Waals surface area contributed by atoms with E-state index in [4.69, 9.17) is 0 Å². The van der Waals surface area contributed by atoms with E-state index < -0.39 is 0 Å². The Labute approximate surface area is 121 Å². The van der Waals surface area contributed by atoms with Crippen molar-refractivity contribution in [1.82, 2.24) is 25.1 Å². The normalized spacial score (nSPS) is 12.0. The highest BCUT2D eigenvalue weighted by Gasteiger charge is 2.15. The summed E-state index contributed by atoms with van der Waals surface area (Å²) in [4.78, 5) is 18.7. The van der Waals surface area contributed by atoms with Crippen LogP contribution in [0.5, 0.6) is 0 Å². The maximum absolute atomic E-state index is 12.1. The Balaban J connectivity index is 1.85. The lowest BCUT2D eigenvalue weighted by Crippen LogP contribution is -2.27. The van der Waals surface area contributed by atoms with Crippen LogP contribution in [0.4, 0.5) is 0 Å². The van der Waals surface area contributed by atoms with Crippen molar-refractivity contribution in [3.05, 3.63) is 66.5 Å². The quantitative estimate of drug-likeness (QED) is 0.769. The first-order valence-corrected chi connectivity index (χ1v) is 6.64. The fraction of sp³-hybridized carbons (Fsp3) is 0.133. The van der Waals surface area contributed by atoms with Crippen LogP contribution in [0.3, 0.4) is 0 Å². The minimum atomic E-state index is -0.185. The Morgan fingerprint density at radius 2 is 2.19 bits per heavy atom. The SMILES string of the molecule is CC(NC(=O)c1cnc[nH]1)c1ccccc1-n1cccn1. The number of hydrogen-bond acceptors (Lipinski definition) is 3. The van der Waals surface area contributed by atoms with E-state index in [1.165, 1.54) is 12.5 Å². The molecule has 0 bridgehead atoms. The third-order valence-corrected chi connectivity index (χ3v) is 3.24. The summed E-state index contributed by atoms with van der Waals surface area (Å²) >= 11 is 0. The number of aromatic amines is 1. The number of rotatable bonds is 4. The molecule has 1 aromatic carbocycles. The van der Waals surface area contributed by atoms with Crippen molar-refractivity contribution in [2.75, 3.05) is 0 Å². The molecular weight excluding hydrogens is 266 g/mol. The first-order valence-electron chi connectivity index (χ1n) is 6.64. The summed E-state index contributed by atoms with van der Waals surface area (Å²) in [5.41, 5.74) is 2.38. The number of hydrogen-bond donors (Lipinski definition) is 2. The van der Waals surface area contributed by atoms with E-state index >= 15 is 0 Å². The second-order valence-corrected chi connectivity index (χ2v) is 4.67. The average Bonchev–Trinajstić information content (AvgIpc) is 3.20. The number of carbonyl (C=O) groups is 1. The molecule has 0 fully saturated rings. The number of aromatic nitrogens is 4. The van der Waals surface area contributed by atoms with Gasteiger partial charge in [-0.3, -0.25) is 4.79 Å². The Kier molecular flexibility index (Phi) is 3.51. The number of nitrogens with zero attached hydrogens (tertiary/aromatic N) is 3. The Morgan fingerprint density at radius 1 is 1.33 bits per heavy atom. The van der Waals surface area contributed by atoms with Crippen LogP contribution in [0.25, 0.3) is 5.69 Å². The van der Waals surface area contributed by atoms with Gasteiger partial charge in [0.05, 0.1) is 24.3 Å². The predicted octanol–water partition coefficient (Wildman–Crippen LogP) is 2.09. The van der Waals surface area contributed by atoms with Gasteiger partial charge in [0.15, 0.2) is 0 Å². The molecule has 0 aliphatic carbocycles. The maximum atomic E-state index is 12.1. The standard InChI is InChI=1S/C15H15N5O/c1-11(19-15(21)13-9-16-10-17-13)12-5-2-3-6-14(12)20-8-4-7-18-20/h2-11H,1H3,(H,16,17)(H,19,21). The average molecular weight is 281 g/mol. The molecule has 1 atom stereocenters. The molecule has 0 saturated heterocycles. The third kappa shape index (κ3) is 2.69. The summed E-state index contributed by atoms with van der Waals surface area (Å²) < 4.78 is 1.79. The number of nitrogens with one attached hydrogen (secondary N) is 2. The molecule has 106 valence electrons. The van der Waals surface area contributed by atoms with Crippen LogP contribution < -0.4 is 5.32 Å². The van der Waals surface area contributed by atoms with Crippen molar-refractivity contribution in [3.8, 4) is 5.69 Å². The molecule has 0 saturated carbocycles. The summed E-state index contributed by atoms with van der Waals surface area (Å²) in [7, 11) is 0. The molecule has 2 aromatic heterocycles. The zero-order valence-corrected chi connectivity index (χ0v) is 11.5. The molecule has 1 unspecified atom stereocenters. The Hall–Kier alpha value is -2.89. The molecule has 6 heteroatoms. The van der Waals surface area contributed by atoms with E-state index in [9.17, 15) is 4.79 Å². The van der Waals surface area contributed by atoms with Gasteiger partial charge in [-0.1, -0.05) is 18.2 Å². The van der Waals surface area contributed by atoms with Gasteiger partial charge in [0, 0.05) is 12.4 Å². The fourth-order valence-corrected chi connectivity index (χ4v) is 2.21. The van der Waals surface area contributed by atoms with Crippen LogP contribution in [0.15, 0.2) is 55.2 Å². The second-order valence-electron chi connectivity index (χ2n) is 4.67. The molecule has 3 rings (SSSR count). The number of imidazole rings is 1. The molecule has 0 spiro atoms. The van der Waals surface area contributed by atoms with Crippen molar-refractivity contribution < 1.29 is 4.79 Å². The van der Waals surface area contributed by atoms with Crippen molar-refractivity contribution >= 4 is 5.91 Å². The maximum Gasteiger partial charge on any atom is 0.269 e. The van der Waals surface area contributed by atoms with E-state index in [-0.39, 0.29) is 11.9 Å². The molecular formula is C15H15N5O. The van der Waals surface area contributed by atoms with Crippen molar-refractivity contribution in [2.45, 2.75) is 13.0 Å². The number of H-pyrrole nitrogens is 1. The van der Waals surface area contributed by atoms with E-state index in [2.05, 4.69) is 20.4 Å². The van der Waals surface area contributed by atoms with Crippen LogP contribution in [0, 0.1) is 0 Å². The number of benzene rings is 1. The van der Waals surface area contributed by atoms with E-state index in [0.29, 0.717) is 5.69 Å². The molecule has 0 aliphatic rings. The van der Waals surface area contributed by atoms with Gasteiger partial charge in [-0.25, -0.2) is 9.67 Å². The highest BCUT2D eigenvalue weighted by Crippen LogP contribution is 2.21. The summed E-state index contributed by atoms with van der Waals surface area (Å²) in [5.74, 6) is -0.185. The van der Waals surface area contributed by atoms with Crippen molar-refractivity contribution in [3.63, 3.8) is 0 Å². The number of amides is 1. The number of carbonyl (C=O) groups excluding carboxylic acids is 1. The molecule has 0 radical (unpaired) electrons. The van der Waals surface area contributed by atoms with Crippen LogP contribution >= 0.6 is 0 Å². The lowest BCUT2D eigenvalue weighted by Gasteiger charge is -2.17. The van der Waals surface area contributed by atoms with Crippen molar-refractivity contribution in [2.24, 2.45) is 0 Å². The summed E-state index contributed by atoms with van der Waals surface area (Å²) in [5, 5.41) is 7.20. The first-order chi connectivity index (χ1) is 10.3. The van der Waals surface area contributed by atoms with E-state index in [1.54, 1.807) is 10.9 Å². The zero-order chi connectivity index (χ0) is 14.7. The minimum absolute atomic E-state index is 0.152. The summed E-state index contributed by atoms with van der Waals surface area (Å²) in [6.07, 6.45) is 6.59. The van der Waals surface area contributed by atoms with Gasteiger partial charge in [-0.2, -0.15) is 5.10 Å². The molecule has 3 aromatic rings. The second kappa shape index (κ2) is 5.62. The highest BCUT2D eigenvalue weighted by atomic mass is 16.1. The lowest BCUT2D eigenvalue weighted by molar-refractivity contribution is 0.0935. The van der Waals surface area contributed by atoms with Gasteiger partial charge < -0.3 is 10.3 Å². The monoisotopic (exact) mass is 281 g/mol. The first kappa shape index (κ1) is 13.1. The van der Waals surface area contributed by atoms with Crippen LogP contribution in [0.2, 0.25) is 0 Å². The summed E-state index contributed by atoms with van der Waals surface area (Å²) in [6, 6.07) is 9.56. The van der Waals surface area contributed by atoms with Crippen LogP contribution in [-0.4, -0.2) is 25.7 Å². The Morgan fingerprint density at radius 3 is 2.90 bits per heavy atom. The van der Waals surface area contributed by atoms with Crippen LogP contribution in [-0.2, 0) is 0 Å². The molecule has 6 nitrogen and oxygen atoms in total. The lowest BCUT2D eigenvalue weighted by atomic mass is 10.1. The third-order valence-electron chi connectivity index (χ3n) is 3.24. The van der Waals surface area contributed by atoms with Crippen LogP contribution in [0.1, 0.15) is 29.0 Å². The van der Waals surface area contributed by atoms with E-state index in [1.807, 2.05) is 43.5 Å². The van der Waals surface area contributed by atoms with E-state index in [0.717, 1.165) is 11.3 Å². The topological polar surface area (TPSA) is 75.6 Å². The fourth-order valence-electron chi connectivity index (χ4n) is 2.21. The Bertz CT molecular complexity index is 718. The zero-order valence-electron chi connectivity index (χ0n) is 11.5. The molecule has 1 amide bonds. The van der Waals surface area contributed by atoms with Gasteiger partial charge in [0.1, 0.15) is 5.69 Å². The largest absolute Gasteiger partial charge is 0.344 e. The smallest absolute Gasteiger partial charge is 0.269 e. The number of para-hydroxylation sites is 1. The molecule has 0 aliphatic heterocycles. The molecule has 2 N–H and O–H groups in total. The van der Waals surface area contributed by atoms with Crippen molar-refractivity contribution in [1.29, 1.82) is 0 Å². The van der Waals surface area contributed by atoms with Gasteiger partial charge in [-0.05, 0) is 24.6 Å². The minimum Gasteiger partial charge on any atom is -0.344 e. The highest BCUT2D eigenvalue weighted by molar-refractivity contribution is 5.92. The summed E-state index contributed by atoms with van der Waals surface area (Å²) in [6.45, 7) is 1.94. The van der Waals surface area contributed by atoms with Gasteiger partial charge in [0.2, 0.25) is 0 Å². The van der Waals surface area contributed by atoms with Gasteiger partial charge >= 0.3 is 0 Å². The van der Waals surface area contributed by atoms with Gasteiger partial charge in [-0.15, -0.1) is 0 Å². The van der Waals surface area contributed by atoms with Gasteiger partial charge in [0.25, 0.3) is 5.91 Å². The predicted molar refractivity (Wildman–Crippen MR) is 78.0 cm³/mol. The molecule has 21 heavy (non-hydrogen) atoms. The molecule has 2 heterocycles.